The van der Waals surface area contributed by atoms with Crippen molar-refractivity contribution in [3.05, 3.63) is 59.7 Å². The van der Waals surface area contributed by atoms with Crippen molar-refractivity contribution in [2.45, 2.75) is 4.90 Å². The Labute approximate surface area is 149 Å². The van der Waals surface area contributed by atoms with Crippen LogP contribution in [-0.4, -0.2) is 27.5 Å². The highest BCUT2D eigenvalue weighted by Crippen LogP contribution is 2.17. The van der Waals surface area contributed by atoms with Crippen LogP contribution in [0.3, 0.4) is 0 Å². The fourth-order valence-corrected chi connectivity index (χ4v) is 2.91. The van der Waals surface area contributed by atoms with Crippen LogP contribution in [0.1, 0.15) is 10.4 Å². The van der Waals surface area contributed by atoms with Crippen LogP contribution < -0.4 is 15.2 Å². The zero-order valence-electron chi connectivity index (χ0n) is 13.3. The zero-order chi connectivity index (χ0) is 19.2. The van der Waals surface area contributed by atoms with Gasteiger partial charge in [0.2, 0.25) is 10.0 Å². The van der Waals surface area contributed by atoms with E-state index < -0.39 is 32.5 Å². The molecule has 0 aliphatic heterocycles. The number of rotatable bonds is 6. The molecule has 2 aromatic carbocycles. The molecule has 0 bridgehead atoms. The van der Waals surface area contributed by atoms with Gasteiger partial charge >= 0.3 is 0 Å². The minimum absolute atomic E-state index is 0.114. The maximum absolute atomic E-state index is 13.5. The summed E-state index contributed by atoms with van der Waals surface area (Å²) in [7, 11) is -4.16. The number of halogens is 2. The summed E-state index contributed by atoms with van der Waals surface area (Å²) in [4.78, 5) is 10.6. The Bertz CT molecular complexity index is 982. The first-order chi connectivity index (χ1) is 12.3. The Morgan fingerprint density at radius 2 is 1.88 bits per heavy atom. The summed E-state index contributed by atoms with van der Waals surface area (Å²) in [5, 5.41) is 0. The number of carbonyl (C=O) groups is 1. The molecule has 0 radical (unpaired) electrons. The van der Waals surface area contributed by atoms with Crippen LogP contribution in [-0.2, 0) is 10.0 Å². The third-order valence-corrected chi connectivity index (χ3v) is 4.55. The highest BCUT2D eigenvalue weighted by Gasteiger charge is 2.18. The first kappa shape index (κ1) is 19.4. The number of benzene rings is 2. The van der Waals surface area contributed by atoms with E-state index in [0.717, 1.165) is 12.1 Å². The summed E-state index contributed by atoms with van der Waals surface area (Å²) in [5.74, 6) is 2.55. The van der Waals surface area contributed by atoms with Crippen molar-refractivity contribution >= 4 is 15.9 Å². The lowest BCUT2D eigenvalue weighted by molar-refractivity contribution is 0.0997. The first-order valence-electron chi connectivity index (χ1n) is 7.23. The number of hydrogen-bond donors (Lipinski definition) is 2. The fourth-order valence-electron chi connectivity index (χ4n) is 1.93. The lowest BCUT2D eigenvalue weighted by atomic mass is 10.2. The predicted molar refractivity (Wildman–Crippen MR) is 89.8 cm³/mol. The standard InChI is InChI=1S/C17H14F2N2O4S/c18-12-7-8-16(14(19)11-12)26(23,24)21-9-3-4-10-25-15-6-2-1-5-13(15)17(20)22/h1-2,5-8,11,21H,9-10H2,(H2,20,22). The summed E-state index contributed by atoms with van der Waals surface area (Å²) in [6.45, 7) is -0.420. The molecule has 2 aromatic rings. The average Bonchev–Trinajstić information content (AvgIpc) is 2.57. The van der Waals surface area contributed by atoms with Crippen LogP contribution in [0.15, 0.2) is 47.4 Å². The molecule has 0 atom stereocenters. The molecular weight excluding hydrogens is 366 g/mol. The minimum Gasteiger partial charge on any atom is -0.480 e. The lowest BCUT2D eigenvalue weighted by Crippen LogP contribution is -2.25. The van der Waals surface area contributed by atoms with Crippen LogP contribution in [0.25, 0.3) is 0 Å². The van der Waals surface area contributed by atoms with Crippen molar-refractivity contribution < 1.29 is 26.7 Å². The van der Waals surface area contributed by atoms with Crippen molar-refractivity contribution in [3.8, 4) is 17.6 Å². The molecule has 26 heavy (non-hydrogen) atoms. The minimum atomic E-state index is -4.16. The Kier molecular flexibility index (Phi) is 6.27. The van der Waals surface area contributed by atoms with Crippen LogP contribution in [0, 0.1) is 23.5 Å². The molecule has 1 amide bonds. The van der Waals surface area contributed by atoms with Gasteiger partial charge in [-0.15, -0.1) is 0 Å². The van der Waals surface area contributed by atoms with E-state index in [1.165, 1.54) is 6.07 Å². The molecule has 9 heteroatoms. The SMILES string of the molecule is NC(=O)c1ccccc1OCC#CCNS(=O)(=O)c1ccc(F)cc1F. The molecule has 136 valence electrons. The molecule has 0 saturated heterocycles. The smallest absolute Gasteiger partial charge is 0.252 e. The monoisotopic (exact) mass is 380 g/mol. The number of carbonyl (C=O) groups excluding carboxylic acids is 1. The van der Waals surface area contributed by atoms with E-state index in [-0.39, 0.29) is 24.5 Å². The van der Waals surface area contributed by atoms with Gasteiger partial charge in [0, 0.05) is 6.07 Å². The van der Waals surface area contributed by atoms with Gasteiger partial charge in [0.1, 0.15) is 28.9 Å². The van der Waals surface area contributed by atoms with Gasteiger partial charge in [-0.3, -0.25) is 4.79 Å². The van der Waals surface area contributed by atoms with Gasteiger partial charge in [-0.05, 0) is 24.3 Å². The van der Waals surface area contributed by atoms with E-state index in [4.69, 9.17) is 10.5 Å². The Balaban J connectivity index is 1.92. The van der Waals surface area contributed by atoms with Gasteiger partial charge in [0.05, 0.1) is 12.1 Å². The van der Waals surface area contributed by atoms with Crippen LogP contribution in [0.2, 0.25) is 0 Å². The van der Waals surface area contributed by atoms with Crippen molar-refractivity contribution in [2.24, 2.45) is 5.73 Å². The molecule has 0 unspecified atom stereocenters. The highest BCUT2D eigenvalue weighted by atomic mass is 32.2. The quantitative estimate of drug-likeness (QED) is 0.741. The molecule has 0 fully saturated rings. The fraction of sp³-hybridized carbons (Fsp3) is 0.118. The average molecular weight is 380 g/mol. The van der Waals surface area contributed by atoms with Gasteiger partial charge in [0.15, 0.2) is 0 Å². The van der Waals surface area contributed by atoms with E-state index in [2.05, 4.69) is 16.6 Å². The third-order valence-electron chi connectivity index (χ3n) is 3.11. The highest BCUT2D eigenvalue weighted by molar-refractivity contribution is 7.89. The largest absolute Gasteiger partial charge is 0.480 e. The maximum atomic E-state index is 13.5. The molecule has 0 aliphatic rings. The van der Waals surface area contributed by atoms with Gasteiger partial charge < -0.3 is 10.5 Å². The second-order valence-corrected chi connectivity index (χ2v) is 6.64. The Hall–Kier alpha value is -2.96. The van der Waals surface area contributed by atoms with Crippen molar-refractivity contribution in [1.82, 2.24) is 4.72 Å². The number of sulfonamides is 1. The summed E-state index contributed by atoms with van der Waals surface area (Å²) in [6, 6.07) is 8.46. The molecule has 0 aliphatic carbocycles. The molecular formula is C17H14F2N2O4S. The second-order valence-electron chi connectivity index (χ2n) is 4.90. The van der Waals surface area contributed by atoms with Crippen LogP contribution >= 0.6 is 0 Å². The molecule has 0 aromatic heterocycles. The summed E-state index contributed by atoms with van der Waals surface area (Å²) >= 11 is 0. The van der Waals surface area contributed by atoms with E-state index >= 15 is 0 Å². The number of ether oxygens (including phenoxy) is 1. The van der Waals surface area contributed by atoms with Crippen LogP contribution in [0.5, 0.6) is 5.75 Å². The lowest BCUT2D eigenvalue weighted by Gasteiger charge is -2.06. The van der Waals surface area contributed by atoms with E-state index in [1.54, 1.807) is 18.2 Å². The number of amides is 1. The molecule has 0 spiro atoms. The molecule has 0 heterocycles. The van der Waals surface area contributed by atoms with Gasteiger partial charge in [0.25, 0.3) is 5.91 Å². The van der Waals surface area contributed by atoms with Gasteiger partial charge in [-0.1, -0.05) is 24.0 Å². The van der Waals surface area contributed by atoms with E-state index in [0.29, 0.717) is 6.07 Å². The molecule has 0 saturated carbocycles. The summed E-state index contributed by atoms with van der Waals surface area (Å²) < 4.78 is 57.5. The normalized spacial score (nSPS) is 10.7. The predicted octanol–water partition coefficient (Wildman–Crippen LogP) is 1.42. The number of hydrogen-bond acceptors (Lipinski definition) is 4. The van der Waals surface area contributed by atoms with Gasteiger partial charge in [-0.25, -0.2) is 17.2 Å². The van der Waals surface area contributed by atoms with Crippen molar-refractivity contribution in [3.63, 3.8) is 0 Å². The summed E-state index contributed by atoms with van der Waals surface area (Å²) in [6.07, 6.45) is 0. The number of nitrogens with two attached hydrogens (primary N) is 1. The first-order valence-corrected chi connectivity index (χ1v) is 8.71. The second kappa shape index (κ2) is 8.42. The maximum Gasteiger partial charge on any atom is 0.252 e. The Morgan fingerprint density at radius 3 is 2.58 bits per heavy atom. The zero-order valence-corrected chi connectivity index (χ0v) is 14.1. The summed E-state index contributed by atoms with van der Waals surface area (Å²) in [5.41, 5.74) is 5.40. The Morgan fingerprint density at radius 1 is 1.15 bits per heavy atom. The van der Waals surface area contributed by atoms with Crippen molar-refractivity contribution in [1.29, 1.82) is 0 Å². The van der Waals surface area contributed by atoms with Crippen LogP contribution in [0.4, 0.5) is 8.78 Å². The number of primary amides is 1. The van der Waals surface area contributed by atoms with Gasteiger partial charge in [-0.2, -0.15) is 4.72 Å². The van der Waals surface area contributed by atoms with E-state index in [9.17, 15) is 22.0 Å². The third kappa shape index (κ3) is 5.02. The topological polar surface area (TPSA) is 98.5 Å². The van der Waals surface area contributed by atoms with Crippen molar-refractivity contribution in [2.75, 3.05) is 13.2 Å². The van der Waals surface area contributed by atoms with E-state index in [1.807, 2.05) is 0 Å². The molecule has 6 nitrogen and oxygen atoms in total. The number of para-hydroxylation sites is 1. The number of nitrogens with one attached hydrogen (secondary N) is 1. The molecule has 2 rings (SSSR count). The molecule has 3 N–H and O–H groups in total.